The zero-order chi connectivity index (χ0) is 30.0. The third kappa shape index (κ3) is 5.60. The van der Waals surface area contributed by atoms with Crippen molar-refractivity contribution in [2.24, 2.45) is 0 Å². The molecule has 11 heteroatoms. The van der Waals surface area contributed by atoms with Crippen LogP contribution in [-0.4, -0.2) is 35.5 Å². The summed E-state index contributed by atoms with van der Waals surface area (Å²) in [6, 6.07) is 13.7. The molecule has 42 heavy (non-hydrogen) atoms. The van der Waals surface area contributed by atoms with Gasteiger partial charge in [0.2, 0.25) is 5.75 Å². The number of phenolic OH excluding ortho intramolecular Hbond substituents is 1. The Hall–Kier alpha value is -4.64. The third-order valence-corrected chi connectivity index (χ3v) is 8.46. The van der Waals surface area contributed by atoms with Gasteiger partial charge in [0, 0.05) is 46.2 Å². The summed E-state index contributed by atoms with van der Waals surface area (Å²) in [6.45, 7) is 3.51. The van der Waals surface area contributed by atoms with E-state index >= 15 is 0 Å². The number of rotatable bonds is 9. The minimum Gasteiger partial charge on any atom is -0.500 e. The van der Waals surface area contributed by atoms with Crippen LogP contribution in [-0.2, 0) is 20.9 Å². The molecule has 2 unspecified atom stereocenters. The minimum absolute atomic E-state index is 0.0334. The zero-order valence-electron chi connectivity index (χ0n) is 23.3. The van der Waals surface area contributed by atoms with Crippen LogP contribution in [0.1, 0.15) is 54.5 Å². The topological polar surface area (TPSA) is 137 Å². The fraction of sp³-hybridized carbons (Fsp3) is 0.290. The lowest BCUT2D eigenvalue weighted by Crippen LogP contribution is -2.36. The van der Waals surface area contributed by atoms with E-state index in [9.17, 15) is 24.8 Å². The maximum absolute atomic E-state index is 13.8. The molecule has 10 nitrogen and oxygen atoms in total. The first-order valence-electron chi connectivity index (χ1n) is 13.4. The number of esters is 1. The highest BCUT2D eigenvalue weighted by atomic mass is 32.1. The third-order valence-electron chi connectivity index (χ3n) is 7.43. The van der Waals surface area contributed by atoms with Gasteiger partial charge < -0.3 is 24.6 Å². The van der Waals surface area contributed by atoms with Gasteiger partial charge >= 0.3 is 11.7 Å². The number of hydrogen-bond donors (Lipinski definition) is 2. The molecule has 2 aliphatic rings. The highest BCUT2D eigenvalue weighted by Crippen LogP contribution is 2.49. The molecule has 2 heterocycles. The Morgan fingerprint density at radius 1 is 1.19 bits per heavy atom. The molecule has 5 rings (SSSR count). The molecule has 2 aromatic carbocycles. The van der Waals surface area contributed by atoms with Gasteiger partial charge in [-0.1, -0.05) is 18.2 Å². The van der Waals surface area contributed by atoms with E-state index in [-0.39, 0.29) is 48.2 Å². The monoisotopic (exact) mass is 590 g/mol. The highest BCUT2D eigenvalue weighted by molar-refractivity contribution is 7.10. The Balaban J connectivity index is 1.58. The Labute approximate surface area is 246 Å². The van der Waals surface area contributed by atoms with Crippen LogP contribution in [0.25, 0.3) is 0 Å². The summed E-state index contributed by atoms with van der Waals surface area (Å²) < 4.78 is 16.4. The van der Waals surface area contributed by atoms with Gasteiger partial charge in [0.25, 0.3) is 0 Å². The van der Waals surface area contributed by atoms with Crippen LogP contribution in [0, 0.1) is 10.1 Å². The van der Waals surface area contributed by atoms with Crippen molar-refractivity contribution >= 4 is 28.8 Å². The van der Waals surface area contributed by atoms with E-state index in [4.69, 9.17) is 14.2 Å². The second-order valence-electron chi connectivity index (χ2n) is 10.0. The van der Waals surface area contributed by atoms with Crippen molar-refractivity contribution in [3.63, 3.8) is 0 Å². The molecule has 0 bridgehead atoms. The summed E-state index contributed by atoms with van der Waals surface area (Å²) in [5, 5.41) is 27.7. The van der Waals surface area contributed by atoms with Gasteiger partial charge in [-0.05, 0) is 61.0 Å². The van der Waals surface area contributed by atoms with Crippen molar-refractivity contribution in [3.05, 3.63) is 103 Å². The number of nitro benzene ring substituents is 1. The minimum atomic E-state index is -0.972. The number of Topliss-reactive ketones (excluding diaryl/α,β-unsaturated/α-hetero) is 1. The molecule has 3 aromatic rings. The molecule has 2 atom stereocenters. The number of phenols is 1. The van der Waals surface area contributed by atoms with Gasteiger partial charge in [0.15, 0.2) is 11.5 Å². The number of thiophene rings is 1. The van der Waals surface area contributed by atoms with Crippen molar-refractivity contribution in [2.75, 3.05) is 13.7 Å². The Bertz CT molecular complexity index is 1590. The number of nitrogens with one attached hydrogen (secondary N) is 1. The van der Waals surface area contributed by atoms with Crippen molar-refractivity contribution in [1.82, 2.24) is 5.32 Å². The van der Waals surface area contributed by atoms with Gasteiger partial charge in [0.05, 0.1) is 24.2 Å². The predicted octanol–water partition coefficient (Wildman–Crippen LogP) is 5.87. The highest BCUT2D eigenvalue weighted by Gasteiger charge is 2.42. The van der Waals surface area contributed by atoms with Crippen LogP contribution < -0.4 is 14.8 Å². The second-order valence-corrected chi connectivity index (χ2v) is 11.0. The molecule has 1 aliphatic heterocycles. The largest absolute Gasteiger partial charge is 0.500 e. The molecule has 0 amide bonds. The van der Waals surface area contributed by atoms with Crippen LogP contribution in [0.3, 0.4) is 0 Å². The number of ketones is 1. The normalized spacial score (nSPS) is 18.3. The summed E-state index contributed by atoms with van der Waals surface area (Å²) in [4.78, 5) is 39.8. The standard InChI is InChI=1S/C31H30N2O8S/c1-4-40-25-15-20(13-23(30(25)35)33(37)38)28-27(31(36)41-16-18-7-9-21(39-3)10-8-18)17(2)32-22-12-19(14-24(34)29(22)28)26-6-5-11-42-26/h5-11,13,15,19,28,32,35H,4,12,14,16H2,1-3H3. The predicted molar refractivity (Wildman–Crippen MR) is 156 cm³/mol. The van der Waals surface area contributed by atoms with Gasteiger partial charge in [-0.2, -0.15) is 0 Å². The van der Waals surface area contributed by atoms with Crippen LogP contribution in [0.2, 0.25) is 0 Å². The lowest BCUT2D eigenvalue weighted by molar-refractivity contribution is -0.386. The fourth-order valence-corrected chi connectivity index (χ4v) is 6.33. The molecule has 0 saturated heterocycles. The number of allylic oxidation sites excluding steroid dienone is 3. The quantitative estimate of drug-likeness (QED) is 0.178. The molecule has 218 valence electrons. The Morgan fingerprint density at radius 3 is 2.60 bits per heavy atom. The number of nitro groups is 1. The molecule has 0 saturated carbocycles. The molecular formula is C31H30N2O8S. The molecule has 1 aromatic heterocycles. The first kappa shape index (κ1) is 28.9. The van der Waals surface area contributed by atoms with Crippen LogP contribution in [0.5, 0.6) is 17.2 Å². The van der Waals surface area contributed by atoms with E-state index in [1.54, 1.807) is 56.6 Å². The molecule has 0 radical (unpaired) electrons. The number of ether oxygens (including phenoxy) is 3. The average molecular weight is 591 g/mol. The van der Waals surface area contributed by atoms with E-state index < -0.39 is 28.2 Å². The summed E-state index contributed by atoms with van der Waals surface area (Å²) in [6.07, 6.45) is 0.755. The van der Waals surface area contributed by atoms with Gasteiger partial charge in [-0.25, -0.2) is 4.79 Å². The first-order valence-corrected chi connectivity index (χ1v) is 14.3. The van der Waals surface area contributed by atoms with Gasteiger partial charge in [-0.3, -0.25) is 14.9 Å². The number of methoxy groups -OCH3 is 1. The zero-order valence-corrected chi connectivity index (χ0v) is 24.2. The van der Waals surface area contributed by atoms with E-state index in [1.165, 1.54) is 12.1 Å². The van der Waals surface area contributed by atoms with E-state index in [2.05, 4.69) is 5.32 Å². The smallest absolute Gasteiger partial charge is 0.337 e. The van der Waals surface area contributed by atoms with Crippen LogP contribution in [0.4, 0.5) is 5.69 Å². The fourth-order valence-electron chi connectivity index (χ4n) is 5.50. The van der Waals surface area contributed by atoms with Crippen LogP contribution >= 0.6 is 11.3 Å². The average Bonchev–Trinajstić information content (AvgIpc) is 3.52. The number of carbonyl (C=O) groups is 2. The van der Waals surface area contributed by atoms with E-state index in [0.717, 1.165) is 10.4 Å². The summed E-state index contributed by atoms with van der Waals surface area (Å²) >= 11 is 1.58. The maximum Gasteiger partial charge on any atom is 0.337 e. The Morgan fingerprint density at radius 2 is 1.95 bits per heavy atom. The maximum atomic E-state index is 13.8. The van der Waals surface area contributed by atoms with Crippen molar-refractivity contribution in [3.8, 4) is 17.2 Å². The van der Waals surface area contributed by atoms with Gasteiger partial charge in [-0.15, -0.1) is 11.3 Å². The number of carbonyl (C=O) groups excluding carboxylic acids is 2. The second kappa shape index (κ2) is 12.1. The van der Waals surface area contributed by atoms with Crippen molar-refractivity contribution in [1.29, 1.82) is 0 Å². The number of aromatic hydroxyl groups is 1. The summed E-state index contributed by atoms with van der Waals surface area (Å²) in [7, 11) is 1.56. The number of dihydropyridines is 1. The molecule has 2 N–H and O–H groups in total. The lowest BCUT2D eigenvalue weighted by atomic mass is 9.72. The van der Waals surface area contributed by atoms with Crippen molar-refractivity contribution in [2.45, 2.75) is 45.1 Å². The van der Waals surface area contributed by atoms with E-state index in [1.807, 2.05) is 17.5 Å². The number of hydrogen-bond acceptors (Lipinski definition) is 10. The van der Waals surface area contributed by atoms with Gasteiger partial charge in [0.1, 0.15) is 12.4 Å². The van der Waals surface area contributed by atoms with Crippen LogP contribution in [0.15, 0.2) is 76.5 Å². The molecule has 1 aliphatic carbocycles. The first-order chi connectivity index (χ1) is 20.2. The molecule has 0 fully saturated rings. The number of benzene rings is 2. The SMILES string of the molecule is CCOc1cc(C2C(C(=O)OCc3ccc(OC)cc3)=C(C)NC3=C2C(=O)CC(c2cccs2)C3)cc([N+](=O)[O-])c1O. The number of nitrogens with zero attached hydrogens (tertiary/aromatic N) is 1. The lowest BCUT2D eigenvalue weighted by Gasteiger charge is -2.36. The summed E-state index contributed by atoms with van der Waals surface area (Å²) in [5.74, 6) is -1.91. The summed E-state index contributed by atoms with van der Waals surface area (Å²) in [5.41, 5.74) is 2.07. The molecule has 0 spiro atoms. The Kier molecular flexibility index (Phi) is 8.30. The van der Waals surface area contributed by atoms with E-state index in [0.29, 0.717) is 29.1 Å². The molecular weight excluding hydrogens is 560 g/mol. The van der Waals surface area contributed by atoms with Crippen molar-refractivity contribution < 1.29 is 33.8 Å².